The van der Waals surface area contributed by atoms with Gasteiger partial charge in [0.25, 0.3) is 0 Å². The minimum Gasteiger partial charge on any atom is -0.497 e. The molecule has 1 aromatic carbocycles. The van der Waals surface area contributed by atoms with Crippen LogP contribution in [0.15, 0.2) is 35.9 Å². The van der Waals surface area contributed by atoms with Crippen LogP contribution < -0.4 is 10.1 Å². The van der Waals surface area contributed by atoms with E-state index in [4.69, 9.17) is 4.74 Å². The summed E-state index contributed by atoms with van der Waals surface area (Å²) in [4.78, 5) is 0. The Morgan fingerprint density at radius 2 is 2.00 bits per heavy atom. The van der Waals surface area contributed by atoms with Crippen LogP contribution in [-0.2, 0) is 6.42 Å². The van der Waals surface area contributed by atoms with Crippen molar-refractivity contribution in [3.8, 4) is 5.75 Å². The zero-order valence-electron chi connectivity index (χ0n) is 11.8. The summed E-state index contributed by atoms with van der Waals surface area (Å²) in [5.74, 6) is 0.927. The van der Waals surface area contributed by atoms with Gasteiger partial charge in [0.05, 0.1) is 7.11 Å². The average Bonchev–Trinajstić information content (AvgIpc) is 2.42. The third-order valence-electron chi connectivity index (χ3n) is 3.03. The first kappa shape index (κ1) is 14.8. The highest BCUT2D eigenvalue weighted by Crippen LogP contribution is 2.14. The van der Waals surface area contributed by atoms with Crippen LogP contribution >= 0.6 is 0 Å². The number of rotatable bonds is 8. The van der Waals surface area contributed by atoms with Gasteiger partial charge in [0.1, 0.15) is 5.75 Å². The Bertz CT molecular complexity index is 354. The summed E-state index contributed by atoms with van der Waals surface area (Å²) in [7, 11) is 1.70. The van der Waals surface area contributed by atoms with Gasteiger partial charge >= 0.3 is 0 Å². The summed E-state index contributed by atoms with van der Waals surface area (Å²) in [5.41, 5.74) is 2.85. The van der Waals surface area contributed by atoms with E-state index in [0.29, 0.717) is 0 Å². The predicted molar refractivity (Wildman–Crippen MR) is 78.2 cm³/mol. The summed E-state index contributed by atoms with van der Waals surface area (Å²) in [6.07, 6.45) is 5.71. The molecular weight excluding hydrogens is 222 g/mol. The molecule has 0 fully saturated rings. The fourth-order valence-corrected chi connectivity index (χ4v) is 1.83. The number of benzene rings is 1. The van der Waals surface area contributed by atoms with Gasteiger partial charge in [0.15, 0.2) is 0 Å². The van der Waals surface area contributed by atoms with Crippen molar-refractivity contribution in [2.24, 2.45) is 0 Å². The molecule has 2 heteroatoms. The molecule has 1 aromatic rings. The van der Waals surface area contributed by atoms with Crippen molar-refractivity contribution in [3.63, 3.8) is 0 Å². The number of ether oxygens (including phenoxy) is 1. The maximum atomic E-state index is 5.15. The third kappa shape index (κ3) is 5.87. The summed E-state index contributed by atoms with van der Waals surface area (Å²) in [6.45, 7) is 6.49. The third-order valence-corrected chi connectivity index (χ3v) is 3.03. The van der Waals surface area contributed by atoms with Crippen LogP contribution in [0.25, 0.3) is 0 Å². The van der Waals surface area contributed by atoms with E-state index in [2.05, 4.69) is 37.4 Å². The van der Waals surface area contributed by atoms with Gasteiger partial charge in [-0.25, -0.2) is 0 Å². The molecule has 0 atom stereocenters. The van der Waals surface area contributed by atoms with E-state index in [0.717, 1.165) is 38.1 Å². The van der Waals surface area contributed by atoms with E-state index in [9.17, 15) is 0 Å². The molecule has 0 saturated heterocycles. The molecule has 0 spiro atoms. The Morgan fingerprint density at radius 3 is 2.61 bits per heavy atom. The van der Waals surface area contributed by atoms with Gasteiger partial charge in [-0.1, -0.05) is 30.7 Å². The van der Waals surface area contributed by atoms with Crippen LogP contribution in [0.5, 0.6) is 5.75 Å². The summed E-state index contributed by atoms with van der Waals surface area (Å²) >= 11 is 0. The summed E-state index contributed by atoms with van der Waals surface area (Å²) in [5, 5.41) is 3.33. The van der Waals surface area contributed by atoms with Crippen molar-refractivity contribution in [1.82, 2.24) is 5.32 Å². The van der Waals surface area contributed by atoms with Gasteiger partial charge in [0.2, 0.25) is 0 Å². The molecule has 0 unspecified atom stereocenters. The van der Waals surface area contributed by atoms with Crippen LogP contribution in [-0.4, -0.2) is 20.2 Å². The van der Waals surface area contributed by atoms with Crippen molar-refractivity contribution in [3.05, 3.63) is 41.5 Å². The molecule has 0 heterocycles. The van der Waals surface area contributed by atoms with Gasteiger partial charge in [-0.3, -0.25) is 0 Å². The van der Waals surface area contributed by atoms with Crippen molar-refractivity contribution in [2.45, 2.75) is 33.1 Å². The molecule has 0 aliphatic rings. The monoisotopic (exact) mass is 247 g/mol. The first-order valence-electron chi connectivity index (χ1n) is 6.75. The topological polar surface area (TPSA) is 21.3 Å². The quantitative estimate of drug-likeness (QED) is 0.560. The Morgan fingerprint density at radius 1 is 1.28 bits per heavy atom. The molecule has 100 valence electrons. The molecule has 0 aliphatic heterocycles. The highest BCUT2D eigenvalue weighted by atomic mass is 16.5. The molecule has 0 amide bonds. The van der Waals surface area contributed by atoms with Crippen molar-refractivity contribution in [1.29, 1.82) is 0 Å². The molecule has 1 rings (SSSR count). The van der Waals surface area contributed by atoms with Gasteiger partial charge in [-0.2, -0.15) is 0 Å². The summed E-state index contributed by atoms with van der Waals surface area (Å²) in [6, 6.07) is 8.34. The highest BCUT2D eigenvalue weighted by molar-refractivity contribution is 5.27. The Kier molecular flexibility index (Phi) is 7.19. The van der Waals surface area contributed by atoms with E-state index >= 15 is 0 Å². The van der Waals surface area contributed by atoms with E-state index in [1.54, 1.807) is 7.11 Å². The normalized spacial score (nSPS) is 11.6. The standard InChI is InChI=1S/C16H25NO/c1-4-17-13-5-6-14(2)7-8-15-9-11-16(18-3)12-10-15/h6,9-12,17H,4-5,7-8,13H2,1-3H3. The maximum absolute atomic E-state index is 5.15. The van der Waals surface area contributed by atoms with Gasteiger partial charge in [-0.05, 0) is 57.0 Å². The zero-order valence-corrected chi connectivity index (χ0v) is 11.8. The fourth-order valence-electron chi connectivity index (χ4n) is 1.83. The Hall–Kier alpha value is -1.28. The lowest BCUT2D eigenvalue weighted by Gasteiger charge is -2.04. The smallest absolute Gasteiger partial charge is 0.118 e. The lowest BCUT2D eigenvalue weighted by atomic mass is 10.0. The van der Waals surface area contributed by atoms with Crippen LogP contribution in [0, 0.1) is 0 Å². The van der Waals surface area contributed by atoms with Gasteiger partial charge < -0.3 is 10.1 Å². The fraction of sp³-hybridized carbons (Fsp3) is 0.500. The molecule has 2 nitrogen and oxygen atoms in total. The van der Waals surface area contributed by atoms with E-state index < -0.39 is 0 Å². The first-order chi connectivity index (χ1) is 8.76. The van der Waals surface area contributed by atoms with E-state index in [-0.39, 0.29) is 0 Å². The number of nitrogens with one attached hydrogen (secondary N) is 1. The van der Waals surface area contributed by atoms with Crippen LogP contribution in [0.1, 0.15) is 32.3 Å². The molecule has 1 N–H and O–H groups in total. The second-order valence-electron chi connectivity index (χ2n) is 4.54. The van der Waals surface area contributed by atoms with Crippen molar-refractivity contribution in [2.75, 3.05) is 20.2 Å². The Labute approximate surface area is 111 Å². The number of hydrogen-bond acceptors (Lipinski definition) is 2. The Balaban J connectivity index is 2.30. The first-order valence-corrected chi connectivity index (χ1v) is 6.75. The van der Waals surface area contributed by atoms with Gasteiger partial charge in [0, 0.05) is 0 Å². The zero-order chi connectivity index (χ0) is 13.2. The second-order valence-corrected chi connectivity index (χ2v) is 4.54. The lowest BCUT2D eigenvalue weighted by molar-refractivity contribution is 0.414. The van der Waals surface area contributed by atoms with Crippen LogP contribution in [0.3, 0.4) is 0 Å². The largest absolute Gasteiger partial charge is 0.497 e. The molecule has 18 heavy (non-hydrogen) atoms. The number of hydrogen-bond donors (Lipinski definition) is 1. The van der Waals surface area contributed by atoms with Crippen molar-refractivity contribution < 1.29 is 4.74 Å². The number of methoxy groups -OCH3 is 1. The minimum absolute atomic E-state index is 0.927. The van der Waals surface area contributed by atoms with E-state index in [1.165, 1.54) is 11.1 Å². The average molecular weight is 247 g/mol. The molecule has 0 bridgehead atoms. The van der Waals surface area contributed by atoms with Crippen molar-refractivity contribution >= 4 is 0 Å². The minimum atomic E-state index is 0.927. The molecule has 0 aliphatic carbocycles. The maximum Gasteiger partial charge on any atom is 0.118 e. The van der Waals surface area contributed by atoms with Crippen LogP contribution in [0.4, 0.5) is 0 Å². The molecule has 0 radical (unpaired) electrons. The second kappa shape index (κ2) is 8.76. The predicted octanol–water partition coefficient (Wildman–Crippen LogP) is 3.57. The molecule has 0 saturated carbocycles. The highest BCUT2D eigenvalue weighted by Gasteiger charge is 1.96. The SMILES string of the molecule is CCNCCC=C(C)CCc1ccc(OC)cc1. The van der Waals surface area contributed by atoms with Crippen LogP contribution in [0.2, 0.25) is 0 Å². The molecule has 0 aromatic heterocycles. The molecular formula is C16H25NO. The number of aryl methyl sites for hydroxylation is 1. The van der Waals surface area contributed by atoms with Gasteiger partial charge in [-0.15, -0.1) is 0 Å². The lowest BCUT2D eigenvalue weighted by Crippen LogP contribution is -2.13. The number of allylic oxidation sites excluding steroid dienone is 1. The summed E-state index contributed by atoms with van der Waals surface area (Å²) < 4.78 is 5.15. The van der Waals surface area contributed by atoms with E-state index in [1.807, 2.05) is 12.1 Å².